The van der Waals surface area contributed by atoms with Crippen LogP contribution < -0.4 is 0 Å². The van der Waals surface area contributed by atoms with Crippen molar-refractivity contribution >= 4 is 33.7 Å². The van der Waals surface area contributed by atoms with Crippen molar-refractivity contribution in [3.05, 3.63) is 28.2 Å². The minimum absolute atomic E-state index is 0.306. The molecule has 0 fully saturated rings. The largest absolute Gasteiger partial charge is 0.478 e. The van der Waals surface area contributed by atoms with E-state index in [1.165, 1.54) is 0 Å². The minimum atomic E-state index is -0.903. The highest BCUT2D eigenvalue weighted by Crippen LogP contribution is 2.24. The van der Waals surface area contributed by atoms with Crippen LogP contribution in [0.1, 0.15) is 17.3 Å². The van der Waals surface area contributed by atoms with Crippen LogP contribution in [0.15, 0.2) is 27.6 Å². The lowest BCUT2D eigenvalue weighted by Gasteiger charge is -2.02. The van der Waals surface area contributed by atoms with Gasteiger partial charge in [0.15, 0.2) is 0 Å². The molecular weight excluding hydrogens is 252 g/mol. The summed E-state index contributed by atoms with van der Waals surface area (Å²) in [6, 6.07) is 5.27. The molecule has 4 heteroatoms. The number of carboxylic acid groups (broad SMARTS) is 1. The van der Waals surface area contributed by atoms with Crippen LogP contribution in [0.4, 0.5) is 0 Å². The zero-order valence-corrected chi connectivity index (χ0v) is 9.48. The van der Waals surface area contributed by atoms with Gasteiger partial charge in [-0.25, -0.2) is 4.79 Å². The van der Waals surface area contributed by atoms with Gasteiger partial charge in [-0.3, -0.25) is 0 Å². The average Bonchev–Trinajstić information content (AvgIpc) is 2.04. The zero-order valence-electron chi connectivity index (χ0n) is 7.08. The van der Waals surface area contributed by atoms with Gasteiger partial charge in [-0.05, 0) is 39.9 Å². The fourth-order valence-corrected chi connectivity index (χ4v) is 2.32. The Morgan fingerprint density at radius 3 is 2.77 bits per heavy atom. The van der Waals surface area contributed by atoms with Gasteiger partial charge in [0.1, 0.15) is 0 Å². The standard InChI is InChI=1S/C9H9BrO2S/c1-2-13-6-3-4-7(9(11)12)8(10)5-6/h3-5H,2H2,1H3,(H,11,12). The van der Waals surface area contributed by atoms with Gasteiger partial charge >= 0.3 is 5.97 Å². The summed E-state index contributed by atoms with van der Waals surface area (Å²) in [6.45, 7) is 2.06. The molecule has 0 amide bonds. The second-order valence-corrected chi connectivity index (χ2v) is 4.57. The third-order valence-corrected chi connectivity index (χ3v) is 3.01. The molecule has 0 saturated heterocycles. The number of carboxylic acids is 1. The van der Waals surface area contributed by atoms with E-state index in [0.29, 0.717) is 10.0 Å². The molecule has 1 aromatic rings. The van der Waals surface area contributed by atoms with Crippen LogP contribution in [0.2, 0.25) is 0 Å². The van der Waals surface area contributed by atoms with Crippen molar-refractivity contribution in [3.63, 3.8) is 0 Å². The summed E-state index contributed by atoms with van der Waals surface area (Å²) >= 11 is 4.91. The third-order valence-electron chi connectivity index (χ3n) is 1.48. The van der Waals surface area contributed by atoms with E-state index in [4.69, 9.17) is 5.11 Å². The summed E-state index contributed by atoms with van der Waals surface area (Å²) in [7, 11) is 0. The average molecular weight is 261 g/mol. The van der Waals surface area contributed by atoms with E-state index >= 15 is 0 Å². The number of aromatic carboxylic acids is 1. The lowest BCUT2D eigenvalue weighted by atomic mass is 10.2. The highest BCUT2D eigenvalue weighted by Gasteiger charge is 2.07. The van der Waals surface area contributed by atoms with Gasteiger partial charge in [0.25, 0.3) is 0 Å². The van der Waals surface area contributed by atoms with Crippen molar-refractivity contribution < 1.29 is 9.90 Å². The van der Waals surface area contributed by atoms with E-state index in [0.717, 1.165) is 10.6 Å². The number of hydrogen-bond acceptors (Lipinski definition) is 2. The first-order valence-electron chi connectivity index (χ1n) is 3.80. The Morgan fingerprint density at radius 2 is 2.31 bits per heavy atom. The first-order valence-corrected chi connectivity index (χ1v) is 5.58. The molecule has 0 aliphatic carbocycles. The highest BCUT2D eigenvalue weighted by atomic mass is 79.9. The van der Waals surface area contributed by atoms with E-state index in [2.05, 4.69) is 22.9 Å². The lowest BCUT2D eigenvalue weighted by molar-refractivity contribution is 0.0696. The highest BCUT2D eigenvalue weighted by molar-refractivity contribution is 9.10. The van der Waals surface area contributed by atoms with Crippen LogP contribution in [0.3, 0.4) is 0 Å². The molecular formula is C9H9BrO2S. The first-order chi connectivity index (χ1) is 6.15. The summed E-state index contributed by atoms with van der Waals surface area (Å²) in [4.78, 5) is 11.7. The van der Waals surface area contributed by atoms with E-state index in [-0.39, 0.29) is 0 Å². The molecule has 2 nitrogen and oxygen atoms in total. The first kappa shape index (κ1) is 10.6. The number of carbonyl (C=O) groups is 1. The van der Waals surface area contributed by atoms with E-state index < -0.39 is 5.97 Å². The molecule has 1 rings (SSSR count). The Hall–Kier alpha value is -0.480. The lowest BCUT2D eigenvalue weighted by Crippen LogP contribution is -1.97. The van der Waals surface area contributed by atoms with Crippen molar-refractivity contribution in [1.29, 1.82) is 0 Å². The van der Waals surface area contributed by atoms with Crippen LogP contribution in [0.5, 0.6) is 0 Å². The Kier molecular flexibility index (Phi) is 3.81. The molecule has 1 N–H and O–H groups in total. The van der Waals surface area contributed by atoms with Crippen molar-refractivity contribution in [3.8, 4) is 0 Å². The summed E-state index contributed by atoms with van der Waals surface area (Å²) in [6.07, 6.45) is 0. The molecule has 0 radical (unpaired) electrons. The summed E-state index contributed by atoms with van der Waals surface area (Å²) in [5.74, 6) is 0.0821. The van der Waals surface area contributed by atoms with Crippen LogP contribution in [0, 0.1) is 0 Å². The normalized spacial score (nSPS) is 10.0. The maximum Gasteiger partial charge on any atom is 0.336 e. The van der Waals surface area contributed by atoms with Gasteiger partial charge in [-0.1, -0.05) is 6.92 Å². The molecule has 0 aliphatic rings. The van der Waals surface area contributed by atoms with Crippen LogP contribution in [0.25, 0.3) is 0 Å². The molecule has 0 aromatic heterocycles. The van der Waals surface area contributed by atoms with Gasteiger partial charge in [-0.15, -0.1) is 11.8 Å². The molecule has 0 heterocycles. The van der Waals surface area contributed by atoms with Gasteiger partial charge in [0.2, 0.25) is 0 Å². The minimum Gasteiger partial charge on any atom is -0.478 e. The predicted molar refractivity (Wildman–Crippen MR) is 57.5 cm³/mol. The van der Waals surface area contributed by atoms with Crippen LogP contribution in [-0.2, 0) is 0 Å². The van der Waals surface area contributed by atoms with Crippen molar-refractivity contribution in [2.75, 3.05) is 5.75 Å². The van der Waals surface area contributed by atoms with Gasteiger partial charge in [0, 0.05) is 9.37 Å². The Morgan fingerprint density at radius 1 is 1.62 bits per heavy atom. The molecule has 0 spiro atoms. The SMILES string of the molecule is CCSc1ccc(C(=O)O)c(Br)c1. The fourth-order valence-electron chi connectivity index (χ4n) is 0.926. The molecule has 0 unspecified atom stereocenters. The Bertz CT molecular complexity index is 325. The molecule has 13 heavy (non-hydrogen) atoms. The Labute approximate surface area is 89.5 Å². The quantitative estimate of drug-likeness (QED) is 0.848. The monoisotopic (exact) mass is 260 g/mol. The maximum absolute atomic E-state index is 10.7. The molecule has 1 aromatic carbocycles. The summed E-state index contributed by atoms with van der Waals surface area (Å²) in [5.41, 5.74) is 0.306. The topological polar surface area (TPSA) is 37.3 Å². The molecule has 0 saturated carbocycles. The number of halogens is 1. The maximum atomic E-state index is 10.7. The molecule has 0 aliphatic heterocycles. The summed E-state index contributed by atoms with van der Waals surface area (Å²) in [5, 5.41) is 8.75. The number of thioether (sulfide) groups is 1. The fraction of sp³-hybridized carbons (Fsp3) is 0.222. The smallest absolute Gasteiger partial charge is 0.336 e. The van der Waals surface area contributed by atoms with Gasteiger partial charge < -0.3 is 5.11 Å². The molecule has 0 bridgehead atoms. The van der Waals surface area contributed by atoms with Crippen LogP contribution in [-0.4, -0.2) is 16.8 Å². The van der Waals surface area contributed by atoms with Crippen molar-refractivity contribution in [2.24, 2.45) is 0 Å². The van der Waals surface area contributed by atoms with Crippen LogP contribution >= 0.6 is 27.7 Å². The number of benzene rings is 1. The van der Waals surface area contributed by atoms with Gasteiger partial charge in [0.05, 0.1) is 5.56 Å². The third kappa shape index (κ3) is 2.74. The second kappa shape index (κ2) is 4.67. The zero-order chi connectivity index (χ0) is 9.84. The molecule has 0 atom stereocenters. The van der Waals surface area contributed by atoms with Crippen molar-refractivity contribution in [1.82, 2.24) is 0 Å². The van der Waals surface area contributed by atoms with Gasteiger partial charge in [-0.2, -0.15) is 0 Å². The molecule has 70 valence electrons. The second-order valence-electron chi connectivity index (χ2n) is 2.38. The predicted octanol–water partition coefficient (Wildman–Crippen LogP) is 3.26. The number of hydrogen-bond donors (Lipinski definition) is 1. The van der Waals surface area contributed by atoms with E-state index in [1.54, 1.807) is 17.8 Å². The Balaban J connectivity index is 2.98. The van der Waals surface area contributed by atoms with E-state index in [9.17, 15) is 4.79 Å². The number of rotatable bonds is 3. The van der Waals surface area contributed by atoms with E-state index in [1.807, 2.05) is 12.1 Å². The summed E-state index contributed by atoms with van der Waals surface area (Å²) < 4.78 is 0.637. The van der Waals surface area contributed by atoms with Crippen molar-refractivity contribution in [2.45, 2.75) is 11.8 Å².